The standard InChI is InChI=1S/C10H17N5O2/c11-4-6-2-1-3-7(6)9(16)12-5-8-13-10(17)15-14-8/h6-7H,1-5,11H2,(H,12,16)(H2,13,14,15,17)/t6-,7-/m1/s1. The number of rotatable bonds is 4. The molecule has 17 heavy (non-hydrogen) atoms. The first-order valence-corrected chi connectivity index (χ1v) is 5.82. The van der Waals surface area contributed by atoms with Gasteiger partial charge in [0.1, 0.15) is 5.82 Å². The lowest BCUT2D eigenvalue weighted by atomic mass is 9.95. The Bertz CT molecular complexity index is 438. The highest BCUT2D eigenvalue weighted by Gasteiger charge is 2.31. The summed E-state index contributed by atoms with van der Waals surface area (Å²) in [7, 11) is 0. The SMILES string of the molecule is NC[C@H]1CCC[C@H]1C(=O)NCc1n[nH]c(=O)[nH]1. The highest BCUT2D eigenvalue weighted by Crippen LogP contribution is 2.30. The zero-order chi connectivity index (χ0) is 12.3. The first kappa shape index (κ1) is 11.8. The van der Waals surface area contributed by atoms with Crippen LogP contribution in [0.5, 0.6) is 0 Å². The number of hydrogen-bond acceptors (Lipinski definition) is 4. The molecule has 0 unspecified atom stereocenters. The molecular weight excluding hydrogens is 222 g/mol. The molecule has 2 rings (SSSR count). The summed E-state index contributed by atoms with van der Waals surface area (Å²) >= 11 is 0. The summed E-state index contributed by atoms with van der Waals surface area (Å²) in [5.41, 5.74) is 5.26. The van der Waals surface area contributed by atoms with Crippen LogP contribution in [0.4, 0.5) is 0 Å². The fourth-order valence-electron chi connectivity index (χ4n) is 2.35. The second-order valence-electron chi connectivity index (χ2n) is 4.38. The molecule has 0 radical (unpaired) electrons. The van der Waals surface area contributed by atoms with Crippen molar-refractivity contribution in [2.45, 2.75) is 25.8 Å². The Morgan fingerprint density at radius 3 is 3.00 bits per heavy atom. The van der Waals surface area contributed by atoms with Gasteiger partial charge in [0.15, 0.2) is 0 Å². The Labute approximate surface area is 98.2 Å². The lowest BCUT2D eigenvalue weighted by Gasteiger charge is -2.16. The van der Waals surface area contributed by atoms with E-state index in [1.807, 2.05) is 0 Å². The number of carbonyl (C=O) groups is 1. The summed E-state index contributed by atoms with van der Waals surface area (Å²) in [6, 6.07) is 0. The number of H-pyrrole nitrogens is 2. The predicted molar refractivity (Wildman–Crippen MR) is 60.9 cm³/mol. The average molecular weight is 239 g/mol. The van der Waals surface area contributed by atoms with Gasteiger partial charge in [0.25, 0.3) is 0 Å². The smallest absolute Gasteiger partial charge is 0.340 e. The van der Waals surface area contributed by atoms with E-state index >= 15 is 0 Å². The van der Waals surface area contributed by atoms with Crippen molar-refractivity contribution in [1.82, 2.24) is 20.5 Å². The van der Waals surface area contributed by atoms with E-state index in [1.165, 1.54) is 0 Å². The van der Waals surface area contributed by atoms with Gasteiger partial charge in [-0.25, -0.2) is 9.89 Å². The Morgan fingerprint density at radius 2 is 2.35 bits per heavy atom. The van der Waals surface area contributed by atoms with E-state index in [0.717, 1.165) is 19.3 Å². The molecule has 1 saturated carbocycles. The van der Waals surface area contributed by atoms with Crippen molar-refractivity contribution in [3.05, 3.63) is 16.3 Å². The van der Waals surface area contributed by atoms with Gasteiger partial charge in [-0.3, -0.25) is 9.78 Å². The number of hydrogen-bond donors (Lipinski definition) is 4. The van der Waals surface area contributed by atoms with Crippen LogP contribution in [0.25, 0.3) is 0 Å². The van der Waals surface area contributed by atoms with E-state index in [9.17, 15) is 9.59 Å². The Hall–Kier alpha value is -1.63. The monoisotopic (exact) mass is 239 g/mol. The third kappa shape index (κ3) is 2.73. The number of nitrogens with two attached hydrogens (primary N) is 1. The van der Waals surface area contributed by atoms with Crippen molar-refractivity contribution in [3.8, 4) is 0 Å². The first-order valence-electron chi connectivity index (χ1n) is 5.82. The first-order chi connectivity index (χ1) is 8.20. The van der Waals surface area contributed by atoms with Crippen molar-refractivity contribution >= 4 is 5.91 Å². The van der Waals surface area contributed by atoms with Crippen molar-refractivity contribution in [1.29, 1.82) is 0 Å². The lowest BCUT2D eigenvalue weighted by molar-refractivity contribution is -0.126. The molecule has 0 bridgehead atoms. The van der Waals surface area contributed by atoms with Gasteiger partial charge >= 0.3 is 5.69 Å². The number of amides is 1. The summed E-state index contributed by atoms with van der Waals surface area (Å²) in [5, 5.41) is 8.74. The molecule has 0 saturated heterocycles. The molecule has 1 amide bonds. The van der Waals surface area contributed by atoms with Crippen molar-refractivity contribution in [2.24, 2.45) is 17.6 Å². The van der Waals surface area contributed by atoms with E-state index in [4.69, 9.17) is 5.73 Å². The number of aromatic nitrogens is 3. The van der Waals surface area contributed by atoms with Gasteiger partial charge in [0.05, 0.1) is 6.54 Å². The maximum absolute atomic E-state index is 11.9. The largest absolute Gasteiger partial charge is 0.349 e. The van der Waals surface area contributed by atoms with Gasteiger partial charge in [-0.05, 0) is 25.3 Å². The molecule has 5 N–H and O–H groups in total. The quantitative estimate of drug-likeness (QED) is 0.544. The van der Waals surface area contributed by atoms with Crippen LogP contribution in [-0.2, 0) is 11.3 Å². The van der Waals surface area contributed by atoms with Crippen LogP contribution in [0.3, 0.4) is 0 Å². The lowest BCUT2D eigenvalue weighted by Crippen LogP contribution is -2.35. The van der Waals surface area contributed by atoms with Crippen LogP contribution in [0.2, 0.25) is 0 Å². The van der Waals surface area contributed by atoms with Crippen LogP contribution in [-0.4, -0.2) is 27.6 Å². The molecule has 94 valence electrons. The summed E-state index contributed by atoms with van der Waals surface area (Å²) in [6.45, 7) is 0.794. The van der Waals surface area contributed by atoms with Crippen molar-refractivity contribution < 1.29 is 4.79 Å². The Morgan fingerprint density at radius 1 is 1.53 bits per heavy atom. The van der Waals surface area contributed by atoms with E-state index in [2.05, 4.69) is 20.5 Å². The topological polar surface area (TPSA) is 117 Å². The fraction of sp³-hybridized carbons (Fsp3) is 0.700. The second-order valence-corrected chi connectivity index (χ2v) is 4.38. The number of nitrogens with one attached hydrogen (secondary N) is 3. The number of carbonyl (C=O) groups excluding carboxylic acids is 1. The van der Waals surface area contributed by atoms with Gasteiger partial charge in [0.2, 0.25) is 5.91 Å². The van der Waals surface area contributed by atoms with E-state index < -0.39 is 0 Å². The third-order valence-corrected chi connectivity index (χ3v) is 3.28. The van der Waals surface area contributed by atoms with Gasteiger partial charge < -0.3 is 11.1 Å². The Balaban J connectivity index is 1.87. The zero-order valence-corrected chi connectivity index (χ0v) is 9.53. The summed E-state index contributed by atoms with van der Waals surface area (Å²) < 4.78 is 0. The molecule has 2 atom stereocenters. The normalized spacial score (nSPS) is 23.8. The van der Waals surface area contributed by atoms with E-state index in [1.54, 1.807) is 0 Å². The van der Waals surface area contributed by atoms with Gasteiger partial charge in [-0.15, -0.1) is 0 Å². The average Bonchev–Trinajstić information content (AvgIpc) is 2.94. The molecule has 0 aromatic carbocycles. The van der Waals surface area contributed by atoms with Crippen molar-refractivity contribution in [3.63, 3.8) is 0 Å². The molecule has 1 aromatic rings. The van der Waals surface area contributed by atoms with Gasteiger partial charge in [-0.1, -0.05) is 6.42 Å². The van der Waals surface area contributed by atoms with Crippen LogP contribution < -0.4 is 16.7 Å². The molecule has 0 spiro atoms. The maximum Gasteiger partial charge on any atom is 0.340 e. The maximum atomic E-state index is 11.9. The van der Waals surface area contributed by atoms with E-state index in [-0.39, 0.29) is 30.0 Å². The molecule has 0 aliphatic heterocycles. The van der Waals surface area contributed by atoms with Crippen molar-refractivity contribution in [2.75, 3.05) is 6.54 Å². The van der Waals surface area contributed by atoms with Crippen LogP contribution in [0.1, 0.15) is 25.1 Å². The highest BCUT2D eigenvalue weighted by molar-refractivity contribution is 5.79. The summed E-state index contributed by atoms with van der Waals surface area (Å²) in [6.07, 6.45) is 2.97. The molecule has 1 aliphatic rings. The molecule has 1 fully saturated rings. The van der Waals surface area contributed by atoms with Crippen LogP contribution in [0.15, 0.2) is 4.79 Å². The highest BCUT2D eigenvalue weighted by atomic mass is 16.2. The number of nitrogens with zero attached hydrogens (tertiary/aromatic N) is 1. The summed E-state index contributed by atoms with van der Waals surface area (Å²) in [5.74, 6) is 0.728. The fourth-order valence-corrected chi connectivity index (χ4v) is 2.35. The molecule has 7 nitrogen and oxygen atoms in total. The minimum absolute atomic E-state index is 0.00167. The minimum Gasteiger partial charge on any atom is -0.349 e. The third-order valence-electron chi connectivity index (χ3n) is 3.28. The molecule has 1 aliphatic carbocycles. The Kier molecular flexibility index (Phi) is 3.58. The second kappa shape index (κ2) is 5.13. The molecule has 1 heterocycles. The zero-order valence-electron chi connectivity index (χ0n) is 9.53. The van der Waals surface area contributed by atoms with Gasteiger partial charge in [-0.2, -0.15) is 5.10 Å². The van der Waals surface area contributed by atoms with Crippen LogP contribution in [0, 0.1) is 11.8 Å². The summed E-state index contributed by atoms with van der Waals surface area (Å²) in [4.78, 5) is 25.2. The predicted octanol–water partition coefficient (Wildman–Crippen LogP) is -0.911. The van der Waals surface area contributed by atoms with E-state index in [0.29, 0.717) is 12.4 Å². The minimum atomic E-state index is -0.366. The van der Waals surface area contributed by atoms with Crippen LogP contribution >= 0.6 is 0 Å². The molecule has 7 heteroatoms. The molecule has 1 aromatic heterocycles. The molecular formula is C10H17N5O2. The number of aromatic amines is 2. The van der Waals surface area contributed by atoms with Gasteiger partial charge in [0, 0.05) is 5.92 Å².